The van der Waals surface area contributed by atoms with Crippen LogP contribution in [0.1, 0.15) is 18.3 Å². The maximum absolute atomic E-state index is 5.48. The lowest BCUT2D eigenvalue weighted by Gasteiger charge is -2.07. The molecule has 0 amide bonds. The molecule has 0 saturated carbocycles. The van der Waals surface area contributed by atoms with Crippen molar-refractivity contribution >= 4 is 16.7 Å². The summed E-state index contributed by atoms with van der Waals surface area (Å²) in [6.07, 6.45) is 0.832. The Hall–Kier alpha value is -2.53. The summed E-state index contributed by atoms with van der Waals surface area (Å²) in [6, 6.07) is 12.0. The molecule has 0 aliphatic rings. The molecule has 3 rings (SSSR count). The van der Waals surface area contributed by atoms with E-state index in [0.717, 1.165) is 34.3 Å². The van der Waals surface area contributed by atoms with Gasteiger partial charge in [-0.05, 0) is 37.6 Å². The first kappa shape index (κ1) is 13.5. The van der Waals surface area contributed by atoms with Gasteiger partial charge >= 0.3 is 0 Å². The van der Waals surface area contributed by atoms with Crippen LogP contribution in [0.15, 0.2) is 36.4 Å². The van der Waals surface area contributed by atoms with Crippen molar-refractivity contribution in [3.63, 3.8) is 0 Å². The van der Waals surface area contributed by atoms with Gasteiger partial charge in [0.2, 0.25) is 0 Å². The Bertz CT molecular complexity index is 776. The number of aromatic nitrogens is 3. The highest BCUT2D eigenvalue weighted by Crippen LogP contribution is 2.22. The number of nitrogens with one attached hydrogen (secondary N) is 1. The fourth-order valence-electron chi connectivity index (χ4n) is 2.25. The predicted molar refractivity (Wildman–Crippen MR) is 84.7 cm³/mol. The number of nitrogens with zero attached hydrogens (tertiary/aromatic N) is 3. The van der Waals surface area contributed by atoms with Crippen LogP contribution in [0, 0.1) is 6.92 Å². The molecule has 0 radical (unpaired) electrons. The van der Waals surface area contributed by atoms with Crippen molar-refractivity contribution in [3.8, 4) is 11.4 Å². The summed E-state index contributed by atoms with van der Waals surface area (Å²) in [5.41, 5.74) is 6.49. The Labute approximate surface area is 123 Å². The van der Waals surface area contributed by atoms with Crippen LogP contribution in [0.5, 0.6) is 0 Å². The summed E-state index contributed by atoms with van der Waals surface area (Å²) in [4.78, 5) is 13.5. The van der Waals surface area contributed by atoms with Crippen molar-refractivity contribution in [2.75, 3.05) is 5.43 Å². The van der Waals surface area contributed by atoms with E-state index in [-0.39, 0.29) is 0 Å². The first-order valence-electron chi connectivity index (χ1n) is 6.92. The van der Waals surface area contributed by atoms with Crippen LogP contribution in [0.4, 0.5) is 5.82 Å². The fraction of sp³-hybridized carbons (Fsp3) is 0.188. The first-order valence-corrected chi connectivity index (χ1v) is 6.92. The van der Waals surface area contributed by atoms with E-state index in [1.54, 1.807) is 0 Å². The molecule has 0 spiro atoms. The van der Waals surface area contributed by atoms with Gasteiger partial charge in [0.25, 0.3) is 0 Å². The van der Waals surface area contributed by atoms with Crippen molar-refractivity contribution in [2.45, 2.75) is 20.3 Å². The van der Waals surface area contributed by atoms with Gasteiger partial charge in [0, 0.05) is 28.4 Å². The molecule has 0 aliphatic heterocycles. The zero-order chi connectivity index (χ0) is 14.8. The van der Waals surface area contributed by atoms with Gasteiger partial charge in [-0.1, -0.05) is 13.0 Å². The lowest BCUT2D eigenvalue weighted by Crippen LogP contribution is -2.10. The third-order valence-electron chi connectivity index (χ3n) is 3.38. The molecule has 1 aromatic carbocycles. The summed E-state index contributed by atoms with van der Waals surface area (Å²) in [5, 5.41) is 1.07. The number of rotatable bonds is 3. The molecular formula is C16H17N5. The molecule has 21 heavy (non-hydrogen) atoms. The van der Waals surface area contributed by atoms with Gasteiger partial charge < -0.3 is 5.43 Å². The summed E-state index contributed by atoms with van der Waals surface area (Å²) >= 11 is 0. The smallest absolute Gasteiger partial charge is 0.161 e. The Morgan fingerprint density at radius 2 is 1.90 bits per heavy atom. The monoisotopic (exact) mass is 279 g/mol. The van der Waals surface area contributed by atoms with E-state index in [2.05, 4.69) is 39.4 Å². The van der Waals surface area contributed by atoms with Crippen LogP contribution >= 0.6 is 0 Å². The molecular weight excluding hydrogens is 262 g/mol. The maximum Gasteiger partial charge on any atom is 0.161 e. The zero-order valence-corrected chi connectivity index (χ0v) is 12.1. The number of hydrogen-bond acceptors (Lipinski definition) is 5. The van der Waals surface area contributed by atoms with Crippen LogP contribution in [0.3, 0.4) is 0 Å². The molecule has 106 valence electrons. The zero-order valence-electron chi connectivity index (χ0n) is 12.1. The largest absolute Gasteiger partial charge is 0.308 e. The summed E-state index contributed by atoms with van der Waals surface area (Å²) in [5.74, 6) is 6.77. The lowest BCUT2D eigenvalue weighted by molar-refractivity contribution is 1.00. The molecule has 0 unspecified atom stereocenters. The lowest BCUT2D eigenvalue weighted by atomic mass is 10.1. The van der Waals surface area contributed by atoms with Crippen LogP contribution in [0.25, 0.3) is 22.3 Å². The minimum absolute atomic E-state index is 0.624. The second-order valence-corrected chi connectivity index (χ2v) is 4.93. The van der Waals surface area contributed by atoms with Gasteiger partial charge in [-0.3, -0.25) is 4.98 Å². The van der Waals surface area contributed by atoms with Crippen molar-refractivity contribution in [1.82, 2.24) is 15.0 Å². The van der Waals surface area contributed by atoms with Gasteiger partial charge in [-0.15, -0.1) is 0 Å². The molecule has 3 N–H and O–H groups in total. The second-order valence-electron chi connectivity index (χ2n) is 4.93. The average Bonchev–Trinajstić information content (AvgIpc) is 2.53. The van der Waals surface area contributed by atoms with E-state index < -0.39 is 0 Å². The number of anilines is 1. The average molecular weight is 279 g/mol. The van der Waals surface area contributed by atoms with Gasteiger partial charge in [0.15, 0.2) is 5.82 Å². The number of aryl methyl sites for hydroxylation is 2. The third-order valence-corrected chi connectivity index (χ3v) is 3.38. The standard InChI is InChI=1S/C16H17N5/c1-3-13-9-15(21-17)20-16(19-13)12-6-7-14-11(8-12)5-4-10(2)18-14/h4-9H,3,17H2,1-2H3,(H,19,20,21). The molecule has 3 aromatic rings. The quantitative estimate of drug-likeness (QED) is 0.569. The normalized spacial score (nSPS) is 10.8. The van der Waals surface area contributed by atoms with Crippen molar-refractivity contribution in [3.05, 3.63) is 47.8 Å². The van der Waals surface area contributed by atoms with Crippen LogP contribution in [-0.2, 0) is 6.42 Å². The van der Waals surface area contributed by atoms with Gasteiger partial charge in [0.05, 0.1) is 5.52 Å². The van der Waals surface area contributed by atoms with E-state index in [0.29, 0.717) is 11.6 Å². The number of hydrazine groups is 1. The van der Waals surface area contributed by atoms with Crippen LogP contribution in [-0.4, -0.2) is 15.0 Å². The maximum atomic E-state index is 5.48. The Morgan fingerprint density at radius 3 is 2.67 bits per heavy atom. The Balaban J connectivity index is 2.13. The highest BCUT2D eigenvalue weighted by atomic mass is 15.3. The molecule has 0 fully saturated rings. The molecule has 0 atom stereocenters. The van der Waals surface area contributed by atoms with Gasteiger partial charge in [-0.25, -0.2) is 15.8 Å². The number of nitrogen functional groups attached to an aromatic ring is 1. The minimum Gasteiger partial charge on any atom is -0.308 e. The number of fused-ring (bicyclic) bond motifs is 1. The van der Waals surface area contributed by atoms with Gasteiger partial charge in [-0.2, -0.15) is 0 Å². The van der Waals surface area contributed by atoms with E-state index in [1.807, 2.05) is 31.2 Å². The highest BCUT2D eigenvalue weighted by Gasteiger charge is 2.07. The molecule has 5 nitrogen and oxygen atoms in total. The first-order chi connectivity index (χ1) is 10.2. The number of hydrogen-bond donors (Lipinski definition) is 2. The molecule has 2 heterocycles. The molecule has 5 heteroatoms. The van der Waals surface area contributed by atoms with Crippen molar-refractivity contribution in [2.24, 2.45) is 5.84 Å². The summed E-state index contributed by atoms with van der Waals surface area (Å²) < 4.78 is 0. The second kappa shape index (κ2) is 5.46. The number of benzene rings is 1. The van der Waals surface area contributed by atoms with Crippen molar-refractivity contribution in [1.29, 1.82) is 0 Å². The van der Waals surface area contributed by atoms with E-state index in [9.17, 15) is 0 Å². The van der Waals surface area contributed by atoms with Crippen molar-refractivity contribution < 1.29 is 0 Å². The molecule has 0 saturated heterocycles. The molecule has 2 aromatic heterocycles. The highest BCUT2D eigenvalue weighted by molar-refractivity contribution is 5.83. The fourth-order valence-corrected chi connectivity index (χ4v) is 2.25. The predicted octanol–water partition coefficient (Wildman–Crippen LogP) is 2.85. The third kappa shape index (κ3) is 2.68. The van der Waals surface area contributed by atoms with Gasteiger partial charge in [0.1, 0.15) is 5.82 Å². The summed E-state index contributed by atoms with van der Waals surface area (Å²) in [7, 11) is 0. The van der Waals surface area contributed by atoms with E-state index in [4.69, 9.17) is 5.84 Å². The van der Waals surface area contributed by atoms with Crippen LogP contribution in [0.2, 0.25) is 0 Å². The SMILES string of the molecule is CCc1cc(NN)nc(-c2ccc3nc(C)ccc3c2)n1. The molecule has 0 bridgehead atoms. The summed E-state index contributed by atoms with van der Waals surface area (Å²) in [6.45, 7) is 4.04. The number of nitrogens with two attached hydrogens (primary N) is 1. The molecule has 0 aliphatic carbocycles. The van der Waals surface area contributed by atoms with Crippen LogP contribution < -0.4 is 11.3 Å². The van der Waals surface area contributed by atoms with E-state index in [1.165, 1.54) is 0 Å². The Kier molecular flexibility index (Phi) is 3.50. The minimum atomic E-state index is 0.624. The number of pyridine rings is 1. The van der Waals surface area contributed by atoms with E-state index >= 15 is 0 Å². The topological polar surface area (TPSA) is 76.7 Å². The Morgan fingerprint density at radius 1 is 1.05 bits per heavy atom.